The lowest BCUT2D eigenvalue weighted by Crippen LogP contribution is -2.29. The van der Waals surface area contributed by atoms with Gasteiger partial charge in [-0.1, -0.05) is 60.4 Å². The number of hydrogen-bond donors (Lipinski definition) is 1. The van der Waals surface area contributed by atoms with Crippen LogP contribution in [0.25, 0.3) is 6.08 Å². The van der Waals surface area contributed by atoms with Crippen molar-refractivity contribution in [2.45, 2.75) is 26.2 Å². The van der Waals surface area contributed by atoms with Gasteiger partial charge in [0.25, 0.3) is 5.91 Å². The summed E-state index contributed by atoms with van der Waals surface area (Å²) >= 11 is 6.57. The molecule has 0 saturated carbocycles. The second-order valence-electron chi connectivity index (χ2n) is 5.48. The van der Waals surface area contributed by atoms with Crippen LogP contribution >= 0.6 is 24.0 Å². The number of unbranched alkanes of at least 4 members (excludes halogenated alkanes) is 1. The number of allylic oxidation sites excluding steroid dienone is 2. The molecule has 1 aromatic rings. The van der Waals surface area contributed by atoms with Crippen LogP contribution in [0.4, 0.5) is 0 Å². The maximum absolute atomic E-state index is 12.4. The lowest BCUT2D eigenvalue weighted by Gasteiger charge is -2.13. The third-order valence-corrected chi connectivity index (χ3v) is 4.83. The topological polar surface area (TPSA) is 57.6 Å². The van der Waals surface area contributed by atoms with Crippen LogP contribution in [0.3, 0.4) is 0 Å². The number of hydrogen-bond acceptors (Lipinski definition) is 4. The van der Waals surface area contributed by atoms with Crippen LogP contribution in [0.2, 0.25) is 0 Å². The summed E-state index contributed by atoms with van der Waals surface area (Å²) in [6, 6.07) is 9.91. The van der Waals surface area contributed by atoms with E-state index in [0.717, 1.165) is 11.1 Å². The summed E-state index contributed by atoms with van der Waals surface area (Å²) in [6.07, 6.45) is 5.15. The molecule has 0 atom stereocenters. The van der Waals surface area contributed by atoms with Crippen LogP contribution in [0, 0.1) is 0 Å². The Kier molecular flexibility index (Phi) is 6.75. The number of aliphatic carboxylic acids is 1. The Bertz CT molecular complexity index is 695. The Morgan fingerprint density at radius 1 is 1.29 bits per heavy atom. The van der Waals surface area contributed by atoms with Crippen molar-refractivity contribution in [3.63, 3.8) is 0 Å². The minimum atomic E-state index is -0.818. The van der Waals surface area contributed by atoms with Crippen LogP contribution in [0.5, 0.6) is 0 Å². The highest BCUT2D eigenvalue weighted by atomic mass is 32.2. The molecule has 1 fully saturated rings. The molecule has 1 aliphatic rings. The van der Waals surface area contributed by atoms with E-state index in [9.17, 15) is 9.59 Å². The summed E-state index contributed by atoms with van der Waals surface area (Å²) in [4.78, 5) is 25.1. The first-order chi connectivity index (χ1) is 11.5. The fourth-order valence-electron chi connectivity index (χ4n) is 2.30. The van der Waals surface area contributed by atoms with Gasteiger partial charge in [0.2, 0.25) is 0 Å². The highest BCUT2D eigenvalue weighted by Gasteiger charge is 2.31. The first kappa shape index (κ1) is 18.4. The number of thiocarbonyl (C=S) groups is 1. The summed E-state index contributed by atoms with van der Waals surface area (Å²) in [7, 11) is 0. The predicted molar refractivity (Wildman–Crippen MR) is 102 cm³/mol. The molecule has 24 heavy (non-hydrogen) atoms. The smallest absolute Gasteiger partial charge is 0.303 e. The first-order valence-corrected chi connectivity index (χ1v) is 8.90. The average molecular weight is 361 g/mol. The maximum atomic E-state index is 12.4. The van der Waals surface area contributed by atoms with Crippen molar-refractivity contribution < 1.29 is 14.7 Å². The second kappa shape index (κ2) is 8.80. The van der Waals surface area contributed by atoms with Crippen molar-refractivity contribution in [3.05, 3.63) is 52.4 Å². The average Bonchev–Trinajstić information content (AvgIpc) is 2.79. The monoisotopic (exact) mass is 361 g/mol. The number of carbonyl (C=O) groups is 2. The quantitative estimate of drug-likeness (QED) is 0.450. The summed E-state index contributed by atoms with van der Waals surface area (Å²) in [5, 5.41) is 8.65. The van der Waals surface area contributed by atoms with Crippen LogP contribution in [0.15, 0.2) is 46.9 Å². The third kappa shape index (κ3) is 5.32. The molecule has 0 aliphatic carbocycles. The van der Waals surface area contributed by atoms with Crippen molar-refractivity contribution in [1.82, 2.24) is 4.90 Å². The zero-order valence-corrected chi connectivity index (χ0v) is 15.0. The molecule has 0 radical (unpaired) electrons. The van der Waals surface area contributed by atoms with Gasteiger partial charge in [-0.25, -0.2) is 0 Å². The van der Waals surface area contributed by atoms with E-state index in [0.29, 0.717) is 28.6 Å². The van der Waals surface area contributed by atoms with Gasteiger partial charge >= 0.3 is 5.97 Å². The summed E-state index contributed by atoms with van der Waals surface area (Å²) in [6.45, 7) is 2.42. The summed E-state index contributed by atoms with van der Waals surface area (Å²) in [5.74, 6) is -0.914. The molecule has 1 saturated heterocycles. The minimum Gasteiger partial charge on any atom is -0.481 e. The highest BCUT2D eigenvalue weighted by Crippen LogP contribution is 2.32. The van der Waals surface area contributed by atoms with Crippen molar-refractivity contribution in [1.29, 1.82) is 0 Å². The van der Waals surface area contributed by atoms with Gasteiger partial charge in [0.1, 0.15) is 4.32 Å². The Balaban J connectivity index is 1.99. The van der Waals surface area contributed by atoms with E-state index < -0.39 is 5.97 Å². The van der Waals surface area contributed by atoms with Crippen molar-refractivity contribution in [2.24, 2.45) is 0 Å². The molecule has 1 aromatic carbocycles. The predicted octanol–water partition coefficient (Wildman–Crippen LogP) is 4.09. The van der Waals surface area contributed by atoms with Gasteiger partial charge in [0.05, 0.1) is 4.91 Å². The van der Waals surface area contributed by atoms with E-state index in [1.165, 1.54) is 11.8 Å². The standard InChI is InChI=1S/C18H19NO3S2/c1-13(11-14-7-3-2-4-8-14)12-15-17(22)19(18(23)24-15)10-6-5-9-16(20)21/h2-4,7-8,11-12H,5-6,9-10H2,1H3,(H,20,21)/b13-11+,15-12-. The van der Waals surface area contributed by atoms with E-state index in [2.05, 4.69) is 0 Å². The highest BCUT2D eigenvalue weighted by molar-refractivity contribution is 8.26. The Hall–Kier alpha value is -1.92. The molecule has 0 aromatic heterocycles. The van der Waals surface area contributed by atoms with Crippen LogP contribution < -0.4 is 0 Å². The SMILES string of the molecule is CC(/C=C1\SC(=S)N(CCCCC(=O)O)C1=O)=C\c1ccccc1. The zero-order chi connectivity index (χ0) is 17.5. The number of carboxylic acids is 1. The maximum Gasteiger partial charge on any atom is 0.303 e. The largest absolute Gasteiger partial charge is 0.481 e. The van der Waals surface area contributed by atoms with Gasteiger partial charge in [-0.05, 0) is 37.0 Å². The summed E-state index contributed by atoms with van der Waals surface area (Å²) < 4.78 is 0.536. The van der Waals surface area contributed by atoms with E-state index in [1.54, 1.807) is 4.90 Å². The number of carbonyl (C=O) groups excluding carboxylic acids is 1. The van der Waals surface area contributed by atoms with Gasteiger partial charge in [-0.15, -0.1) is 0 Å². The fraction of sp³-hybridized carbons (Fsp3) is 0.278. The lowest BCUT2D eigenvalue weighted by molar-refractivity contribution is -0.137. The number of benzene rings is 1. The molecule has 4 nitrogen and oxygen atoms in total. The molecule has 0 bridgehead atoms. The molecule has 1 aliphatic heterocycles. The van der Waals surface area contributed by atoms with Gasteiger partial charge in [-0.3, -0.25) is 14.5 Å². The Morgan fingerprint density at radius 2 is 2.00 bits per heavy atom. The molecule has 0 unspecified atom stereocenters. The fourth-order valence-corrected chi connectivity index (χ4v) is 3.66. The van der Waals surface area contributed by atoms with Gasteiger partial charge in [0.15, 0.2) is 0 Å². The number of amides is 1. The number of nitrogens with zero attached hydrogens (tertiary/aromatic N) is 1. The van der Waals surface area contributed by atoms with E-state index in [4.69, 9.17) is 17.3 Å². The summed E-state index contributed by atoms with van der Waals surface area (Å²) in [5.41, 5.74) is 2.06. The number of rotatable bonds is 7. The van der Waals surface area contributed by atoms with E-state index in [1.807, 2.05) is 49.4 Å². The normalized spacial score (nSPS) is 17.0. The lowest BCUT2D eigenvalue weighted by atomic mass is 10.1. The van der Waals surface area contributed by atoms with Gasteiger partial charge in [-0.2, -0.15) is 0 Å². The van der Waals surface area contributed by atoms with E-state index in [-0.39, 0.29) is 12.3 Å². The van der Waals surface area contributed by atoms with Crippen molar-refractivity contribution in [3.8, 4) is 0 Å². The molecular formula is C18H19NO3S2. The molecule has 0 spiro atoms. The van der Waals surface area contributed by atoms with Gasteiger partial charge in [0, 0.05) is 13.0 Å². The number of thioether (sulfide) groups is 1. The van der Waals surface area contributed by atoms with Crippen LogP contribution in [-0.4, -0.2) is 32.7 Å². The molecule has 1 N–H and O–H groups in total. The van der Waals surface area contributed by atoms with Crippen molar-refractivity contribution >= 4 is 46.3 Å². The van der Waals surface area contributed by atoms with Crippen LogP contribution in [0.1, 0.15) is 31.7 Å². The third-order valence-electron chi connectivity index (χ3n) is 3.45. The molecule has 2 rings (SSSR count). The molecule has 6 heteroatoms. The van der Waals surface area contributed by atoms with E-state index >= 15 is 0 Å². The molecular weight excluding hydrogens is 342 g/mol. The first-order valence-electron chi connectivity index (χ1n) is 7.68. The second-order valence-corrected chi connectivity index (χ2v) is 7.16. The van der Waals surface area contributed by atoms with Gasteiger partial charge < -0.3 is 5.11 Å². The molecule has 1 heterocycles. The van der Waals surface area contributed by atoms with Crippen molar-refractivity contribution in [2.75, 3.05) is 6.54 Å². The minimum absolute atomic E-state index is 0.0962. The van der Waals surface area contributed by atoms with Crippen LogP contribution in [-0.2, 0) is 9.59 Å². The molecule has 1 amide bonds. The Morgan fingerprint density at radius 3 is 2.67 bits per heavy atom. The Labute approximate surface area is 151 Å². The number of carboxylic acid groups (broad SMARTS) is 1. The zero-order valence-electron chi connectivity index (χ0n) is 13.4. The molecule has 126 valence electrons.